The van der Waals surface area contributed by atoms with Crippen LogP contribution >= 0.6 is 0 Å². The maximum Gasteiger partial charge on any atom is 0.321 e. The molecule has 3 aliphatic rings. The lowest BCUT2D eigenvalue weighted by molar-refractivity contribution is -0.168. The smallest absolute Gasteiger partial charge is 0.321 e. The molecular formula is C23H30N2O7. The maximum absolute atomic E-state index is 12.1. The van der Waals surface area contributed by atoms with Gasteiger partial charge in [0.25, 0.3) is 5.91 Å². The molecule has 1 amide bonds. The lowest BCUT2D eigenvalue weighted by Crippen LogP contribution is -2.68. The van der Waals surface area contributed by atoms with Gasteiger partial charge in [0.05, 0.1) is 17.6 Å². The first-order valence-electron chi connectivity index (χ1n) is 11.1. The first-order valence-corrected chi connectivity index (χ1v) is 11.1. The Labute approximate surface area is 185 Å². The maximum atomic E-state index is 12.1. The Bertz CT molecular complexity index is 979. The molecule has 2 unspecified atom stereocenters. The first-order chi connectivity index (χ1) is 15.0. The zero-order valence-electron chi connectivity index (χ0n) is 18.0. The number of phenols is 1. The van der Waals surface area contributed by atoms with Gasteiger partial charge in [-0.3, -0.25) is 14.4 Å². The molecule has 0 spiro atoms. The topological polar surface area (TPSA) is 170 Å². The molecule has 0 aliphatic heterocycles. The summed E-state index contributed by atoms with van der Waals surface area (Å²) in [5.74, 6) is -3.19. The van der Waals surface area contributed by atoms with Crippen molar-refractivity contribution in [1.82, 2.24) is 5.32 Å². The number of fused-ring (bicyclic) bond motifs is 1. The van der Waals surface area contributed by atoms with E-state index in [9.17, 15) is 29.7 Å². The van der Waals surface area contributed by atoms with Crippen molar-refractivity contribution in [2.75, 3.05) is 0 Å². The average molecular weight is 447 g/mol. The number of carbonyl (C=O) groups excluding carboxylic acids is 1. The molecule has 2 bridgehead atoms. The van der Waals surface area contributed by atoms with Crippen LogP contribution in [0.2, 0.25) is 0 Å². The van der Waals surface area contributed by atoms with Gasteiger partial charge in [-0.2, -0.15) is 0 Å². The molecule has 6 atom stereocenters. The van der Waals surface area contributed by atoms with E-state index in [1.54, 1.807) is 6.07 Å². The molecule has 0 radical (unpaired) electrons. The van der Waals surface area contributed by atoms with Crippen molar-refractivity contribution < 1.29 is 34.8 Å². The summed E-state index contributed by atoms with van der Waals surface area (Å²) in [6.07, 6.45) is 2.61. The van der Waals surface area contributed by atoms with Crippen LogP contribution in [0.1, 0.15) is 66.9 Å². The van der Waals surface area contributed by atoms with Crippen LogP contribution in [0.15, 0.2) is 12.1 Å². The predicted molar refractivity (Wildman–Crippen MR) is 113 cm³/mol. The molecule has 7 N–H and O–H groups in total. The Kier molecular flexibility index (Phi) is 5.45. The number of aliphatic carboxylic acids is 2. The van der Waals surface area contributed by atoms with Crippen LogP contribution in [0, 0.1) is 11.8 Å². The number of carboxylic acid groups (broad SMARTS) is 2. The molecule has 3 aliphatic carbocycles. The van der Waals surface area contributed by atoms with Gasteiger partial charge in [-0.15, -0.1) is 0 Å². The third-order valence-corrected chi connectivity index (χ3v) is 8.19. The lowest BCUT2D eigenvalue weighted by Gasteiger charge is -2.64. The number of amides is 1. The van der Waals surface area contributed by atoms with Crippen LogP contribution < -0.4 is 11.1 Å². The Morgan fingerprint density at radius 2 is 1.94 bits per heavy atom. The summed E-state index contributed by atoms with van der Waals surface area (Å²) in [5.41, 5.74) is 4.89. The van der Waals surface area contributed by atoms with Gasteiger partial charge < -0.3 is 31.5 Å². The highest BCUT2D eigenvalue weighted by atomic mass is 16.4. The van der Waals surface area contributed by atoms with E-state index in [0.29, 0.717) is 37.7 Å². The minimum absolute atomic E-state index is 0.00178. The number of primary amides is 1. The number of hydrogen-bond donors (Lipinski definition) is 6. The molecule has 1 aromatic carbocycles. The fourth-order valence-electron chi connectivity index (χ4n) is 6.74. The van der Waals surface area contributed by atoms with Gasteiger partial charge in [-0.1, -0.05) is 13.0 Å². The molecule has 32 heavy (non-hydrogen) atoms. The second-order valence-electron chi connectivity index (χ2n) is 9.79. The minimum Gasteiger partial charge on any atom is -0.507 e. The summed E-state index contributed by atoms with van der Waals surface area (Å²) in [7, 11) is 0. The Hall–Kier alpha value is -2.65. The molecule has 0 heterocycles. The zero-order chi connectivity index (χ0) is 23.4. The van der Waals surface area contributed by atoms with E-state index < -0.39 is 41.3 Å². The molecular weight excluding hydrogens is 416 g/mol. The first kappa shape index (κ1) is 22.5. The van der Waals surface area contributed by atoms with Gasteiger partial charge >= 0.3 is 11.9 Å². The number of aromatic hydroxyl groups is 1. The van der Waals surface area contributed by atoms with E-state index in [1.165, 1.54) is 6.07 Å². The van der Waals surface area contributed by atoms with Crippen molar-refractivity contribution in [3.63, 3.8) is 0 Å². The highest BCUT2D eigenvalue weighted by Crippen LogP contribution is 2.64. The minimum atomic E-state index is -1.26. The van der Waals surface area contributed by atoms with E-state index >= 15 is 0 Å². The van der Waals surface area contributed by atoms with Gasteiger partial charge in [0.1, 0.15) is 11.8 Å². The molecule has 4 rings (SSSR count). The zero-order valence-corrected chi connectivity index (χ0v) is 18.0. The second kappa shape index (κ2) is 7.74. The highest BCUT2D eigenvalue weighted by molar-refractivity contribution is 5.96. The van der Waals surface area contributed by atoms with Crippen LogP contribution in [0.3, 0.4) is 0 Å². The number of rotatable bonds is 6. The summed E-state index contributed by atoms with van der Waals surface area (Å²) >= 11 is 0. The predicted octanol–water partition coefficient (Wildman–Crippen LogP) is 1.13. The number of carbonyl (C=O) groups is 3. The number of hydrogen-bond acceptors (Lipinski definition) is 6. The summed E-state index contributed by atoms with van der Waals surface area (Å²) in [6.45, 7) is 2.12. The molecule has 9 nitrogen and oxygen atoms in total. The Morgan fingerprint density at radius 1 is 1.22 bits per heavy atom. The standard InChI is InChI=1S/C23H30N2O7/c1-11-4-6-22-10-13(25-16(21(30)31)9-17(26)27)5-7-23(22,32)15(11)8-12-2-3-14(20(24)29)19(28)18(12)22/h2-3,11,13,15-16,25,28,32H,4-10H2,1H3,(H2,24,29)(H,26,27)(H,30,31)/t11?,13-,15+,16?,22-,23-/m1/s1. The van der Waals surface area contributed by atoms with Crippen LogP contribution in [0.4, 0.5) is 0 Å². The third-order valence-electron chi connectivity index (χ3n) is 8.19. The summed E-state index contributed by atoms with van der Waals surface area (Å²) in [5, 5.41) is 44.7. The third kappa shape index (κ3) is 3.26. The molecule has 9 heteroatoms. The van der Waals surface area contributed by atoms with Gasteiger partial charge in [0.15, 0.2) is 0 Å². The van der Waals surface area contributed by atoms with Gasteiger partial charge in [-0.25, -0.2) is 0 Å². The molecule has 1 aromatic rings. The van der Waals surface area contributed by atoms with Crippen molar-refractivity contribution in [2.24, 2.45) is 17.6 Å². The molecule has 174 valence electrons. The van der Waals surface area contributed by atoms with Crippen LogP contribution in [0.5, 0.6) is 5.75 Å². The molecule has 2 saturated carbocycles. The van der Waals surface area contributed by atoms with Crippen LogP contribution in [-0.4, -0.2) is 56.0 Å². The van der Waals surface area contributed by atoms with Crippen LogP contribution in [-0.2, 0) is 21.4 Å². The fourth-order valence-corrected chi connectivity index (χ4v) is 6.74. The molecule has 2 fully saturated rings. The highest BCUT2D eigenvalue weighted by Gasteiger charge is 2.65. The second-order valence-corrected chi connectivity index (χ2v) is 9.79. The summed E-state index contributed by atoms with van der Waals surface area (Å²) < 4.78 is 0. The van der Waals surface area contributed by atoms with E-state index in [1.807, 2.05) is 0 Å². The van der Waals surface area contributed by atoms with E-state index in [2.05, 4.69) is 12.2 Å². The largest absolute Gasteiger partial charge is 0.507 e. The SMILES string of the molecule is CC1CC[C@]23C[C@H](NC(CC(=O)O)C(=O)O)CC[C@@]2(O)[C@H]1Cc1ccc(C(N)=O)c(O)c13. The van der Waals surface area contributed by atoms with Crippen molar-refractivity contribution in [3.05, 3.63) is 28.8 Å². The number of aliphatic hydroxyl groups is 1. The van der Waals surface area contributed by atoms with Crippen molar-refractivity contribution in [3.8, 4) is 5.75 Å². The van der Waals surface area contributed by atoms with Gasteiger partial charge in [-0.05, 0) is 62.0 Å². The lowest BCUT2D eigenvalue weighted by atomic mass is 9.43. The van der Waals surface area contributed by atoms with E-state index in [4.69, 9.17) is 10.8 Å². The fraction of sp³-hybridized carbons (Fsp3) is 0.609. The van der Waals surface area contributed by atoms with Gasteiger partial charge in [0, 0.05) is 17.0 Å². The molecule has 0 aromatic heterocycles. The van der Waals surface area contributed by atoms with Gasteiger partial charge in [0.2, 0.25) is 0 Å². The molecule has 0 saturated heterocycles. The quantitative estimate of drug-likeness (QED) is 0.378. The number of carboxylic acids is 2. The number of benzene rings is 1. The summed E-state index contributed by atoms with van der Waals surface area (Å²) in [4.78, 5) is 34.7. The van der Waals surface area contributed by atoms with Crippen molar-refractivity contribution in [2.45, 2.75) is 75.0 Å². The number of nitrogens with one attached hydrogen (secondary N) is 1. The summed E-state index contributed by atoms with van der Waals surface area (Å²) in [6, 6.07) is 1.69. The van der Waals surface area contributed by atoms with E-state index in [-0.39, 0.29) is 29.2 Å². The average Bonchev–Trinajstić information content (AvgIpc) is 2.70. The van der Waals surface area contributed by atoms with Crippen LogP contribution in [0.25, 0.3) is 0 Å². The normalized spacial score (nSPS) is 34.1. The monoisotopic (exact) mass is 446 g/mol. The van der Waals surface area contributed by atoms with Crippen molar-refractivity contribution >= 4 is 17.8 Å². The van der Waals surface area contributed by atoms with Crippen molar-refractivity contribution in [1.29, 1.82) is 0 Å². The van der Waals surface area contributed by atoms with E-state index in [0.717, 1.165) is 12.0 Å². The Balaban J connectivity index is 1.79. The Morgan fingerprint density at radius 3 is 2.56 bits per heavy atom. The number of nitrogens with two attached hydrogens (primary N) is 1.